The Balaban J connectivity index is 3.95. The number of hydrogen-bond donors (Lipinski definition) is 2. The van der Waals surface area contributed by atoms with Gasteiger partial charge in [0.25, 0.3) is 0 Å². The highest BCUT2D eigenvalue weighted by Crippen LogP contribution is 2.43. The highest BCUT2D eigenvalue weighted by molar-refractivity contribution is 7.47. The van der Waals surface area contributed by atoms with Crippen molar-refractivity contribution >= 4 is 19.8 Å². The maximum atomic E-state index is 12.8. The average Bonchev–Trinajstić information content (AvgIpc) is 1.35. The average molecular weight is 1390 g/mol. The smallest absolute Gasteiger partial charge is 0.462 e. The van der Waals surface area contributed by atoms with Gasteiger partial charge < -0.3 is 20.1 Å². The van der Waals surface area contributed by atoms with Gasteiger partial charge in [0.05, 0.1) is 13.2 Å². The Kier molecular flexibility index (Phi) is 76.6. The third-order valence-corrected chi connectivity index (χ3v) is 16.8. The third kappa shape index (κ3) is 81.2. The maximum Gasteiger partial charge on any atom is 0.472 e. The molecule has 0 fully saturated rings. The van der Waals surface area contributed by atoms with E-state index in [2.05, 4.69) is 233 Å². The van der Waals surface area contributed by atoms with Crippen LogP contribution in [0.15, 0.2) is 219 Å². The van der Waals surface area contributed by atoms with Crippen LogP contribution in [0, 0.1) is 0 Å². The molecule has 0 aromatic carbocycles. The fourth-order valence-electron chi connectivity index (χ4n) is 10.2. The van der Waals surface area contributed by atoms with Gasteiger partial charge in [0.2, 0.25) is 0 Å². The molecule has 0 amide bonds. The molecule has 0 aliphatic heterocycles. The first kappa shape index (κ1) is 93.3. The van der Waals surface area contributed by atoms with Gasteiger partial charge in [-0.2, -0.15) is 0 Å². The number of phosphoric acid groups is 1. The Morgan fingerprint density at radius 3 is 0.778 bits per heavy atom. The summed E-state index contributed by atoms with van der Waals surface area (Å²) < 4.78 is 33.2. The summed E-state index contributed by atoms with van der Waals surface area (Å²) in [4.78, 5) is 35.5. The summed E-state index contributed by atoms with van der Waals surface area (Å²) in [5, 5.41) is 0. The number of carbonyl (C=O) groups is 2. The summed E-state index contributed by atoms with van der Waals surface area (Å²) >= 11 is 0. The molecule has 2 atom stereocenters. The SMILES string of the molecule is CC/C=C\C/C=C\C/C=C\C/C=C\C/C=C\C/C=C\C/C=C\C/C=C\C/C=C\C/C=C\CCCCCCCCCCC(=O)OC(COC(=O)CCCCCCCCCCCCCCCC/C=C\C/C=C\C/C=C\C/C=C\C/C=C\C/C=C\C/C=C\C/C=C\CC)COP(=O)(O)OCCN. The highest BCUT2D eigenvalue weighted by Gasteiger charge is 2.26. The molecule has 99 heavy (non-hydrogen) atoms. The fourth-order valence-corrected chi connectivity index (χ4v) is 10.9. The zero-order valence-corrected chi connectivity index (χ0v) is 63.5. The topological polar surface area (TPSA) is 134 Å². The molecule has 0 heterocycles. The molecule has 10 heteroatoms. The van der Waals surface area contributed by atoms with Gasteiger partial charge in [0, 0.05) is 19.4 Å². The monoisotopic (exact) mass is 1380 g/mol. The molecular weight excluding hydrogens is 1240 g/mol. The lowest BCUT2D eigenvalue weighted by Gasteiger charge is -2.19. The molecule has 0 bridgehead atoms. The van der Waals surface area contributed by atoms with Crippen molar-refractivity contribution in [2.75, 3.05) is 26.4 Å². The van der Waals surface area contributed by atoms with Crippen LogP contribution in [0.5, 0.6) is 0 Å². The predicted molar refractivity (Wildman–Crippen MR) is 431 cm³/mol. The lowest BCUT2D eigenvalue weighted by molar-refractivity contribution is -0.161. The minimum Gasteiger partial charge on any atom is -0.462 e. The minimum absolute atomic E-state index is 0.0422. The van der Waals surface area contributed by atoms with E-state index in [1.807, 2.05) is 0 Å². The van der Waals surface area contributed by atoms with E-state index >= 15 is 0 Å². The molecule has 0 aromatic heterocycles. The lowest BCUT2D eigenvalue weighted by Crippen LogP contribution is -2.29. The molecule has 0 saturated carbocycles. The molecule has 0 aliphatic carbocycles. The number of ether oxygens (including phenoxy) is 2. The van der Waals surface area contributed by atoms with Crippen LogP contribution in [0.4, 0.5) is 0 Å². The molecule has 0 spiro atoms. The van der Waals surface area contributed by atoms with Crippen molar-refractivity contribution in [3.63, 3.8) is 0 Å². The number of hydrogen-bond acceptors (Lipinski definition) is 8. The third-order valence-electron chi connectivity index (χ3n) is 15.9. The summed E-state index contributed by atoms with van der Waals surface area (Å²) in [6.07, 6.45) is 126. The van der Waals surface area contributed by atoms with Crippen molar-refractivity contribution in [3.05, 3.63) is 219 Å². The zero-order chi connectivity index (χ0) is 71.5. The van der Waals surface area contributed by atoms with Crippen LogP contribution in [0.25, 0.3) is 0 Å². The van der Waals surface area contributed by atoms with Crippen molar-refractivity contribution < 1.29 is 37.6 Å². The molecule has 2 unspecified atom stereocenters. The number of unbranched alkanes of at least 4 members (excludes halogenated alkanes) is 22. The van der Waals surface area contributed by atoms with E-state index in [9.17, 15) is 19.0 Å². The molecule has 0 rings (SSSR count). The van der Waals surface area contributed by atoms with E-state index in [1.54, 1.807) is 0 Å². The van der Waals surface area contributed by atoms with Gasteiger partial charge in [-0.15, -0.1) is 0 Å². The van der Waals surface area contributed by atoms with Crippen LogP contribution >= 0.6 is 7.82 Å². The van der Waals surface area contributed by atoms with Crippen LogP contribution in [0.3, 0.4) is 0 Å². The van der Waals surface area contributed by atoms with E-state index < -0.39 is 26.5 Å². The van der Waals surface area contributed by atoms with Crippen molar-refractivity contribution in [2.45, 2.75) is 302 Å². The quantitative estimate of drug-likeness (QED) is 0.0264. The van der Waals surface area contributed by atoms with Crippen LogP contribution in [-0.4, -0.2) is 49.3 Å². The summed E-state index contributed by atoms with van der Waals surface area (Å²) in [5.41, 5.74) is 5.41. The highest BCUT2D eigenvalue weighted by atomic mass is 31.2. The minimum atomic E-state index is -4.41. The van der Waals surface area contributed by atoms with Gasteiger partial charge in [-0.3, -0.25) is 18.6 Å². The molecule has 3 N–H and O–H groups in total. The van der Waals surface area contributed by atoms with E-state index in [4.69, 9.17) is 24.3 Å². The van der Waals surface area contributed by atoms with Crippen LogP contribution < -0.4 is 5.73 Å². The molecule has 0 aromatic rings. The van der Waals surface area contributed by atoms with Crippen molar-refractivity contribution in [1.29, 1.82) is 0 Å². The van der Waals surface area contributed by atoms with E-state index in [1.165, 1.54) is 96.3 Å². The van der Waals surface area contributed by atoms with Gasteiger partial charge in [-0.05, 0) is 154 Å². The van der Waals surface area contributed by atoms with E-state index in [0.29, 0.717) is 6.42 Å². The lowest BCUT2D eigenvalue weighted by atomic mass is 10.0. The zero-order valence-electron chi connectivity index (χ0n) is 62.6. The largest absolute Gasteiger partial charge is 0.472 e. The Labute approximate surface area is 607 Å². The maximum absolute atomic E-state index is 12.8. The van der Waals surface area contributed by atoms with Crippen molar-refractivity contribution in [1.82, 2.24) is 0 Å². The van der Waals surface area contributed by atoms with Crippen LogP contribution in [0.1, 0.15) is 296 Å². The molecule has 0 saturated heterocycles. The second-order valence-corrected chi connectivity index (χ2v) is 26.6. The Bertz CT molecular complexity index is 2440. The molecular formula is C89H142NO8P. The Morgan fingerprint density at radius 2 is 0.525 bits per heavy atom. The Hall–Kier alpha value is -5.67. The molecule has 0 radical (unpaired) electrons. The number of allylic oxidation sites excluding steroid dienone is 36. The number of rotatable bonds is 71. The number of phosphoric ester groups is 1. The second-order valence-electron chi connectivity index (χ2n) is 25.1. The standard InChI is InChI=1S/C89H142NO8P/c1-3-5-7-9-11-13-15-17-19-21-23-25-27-29-31-33-35-37-39-41-43-45-47-49-51-53-55-57-59-61-63-65-67-69-71-73-75-77-79-81-88(91)95-85-87(86-97-99(93,94)96-84-83-90)98-89(92)82-80-78-76-74-72-70-68-66-64-62-60-58-56-54-52-50-48-46-44-42-40-38-36-34-32-30-28-26-24-22-20-18-16-14-12-10-8-6-4-2/h5-8,11-14,17-20,23-26,29-32,35-38,41-44,47-50,54,56,60,62,87H,3-4,9-10,15-16,21-22,27-28,33-34,39-40,45-46,51-53,55,57-59,61,63-86,90H2,1-2H3,(H,93,94)/b7-5-,8-6-,13-11-,14-12-,19-17-,20-18-,25-23-,26-24-,31-29-,32-30-,37-35-,38-36-,43-41-,44-42-,49-47-,50-48-,56-54-,62-60-. The molecule has 9 nitrogen and oxygen atoms in total. The van der Waals surface area contributed by atoms with Crippen LogP contribution in [0.2, 0.25) is 0 Å². The van der Waals surface area contributed by atoms with Gasteiger partial charge in [-0.25, -0.2) is 4.57 Å². The van der Waals surface area contributed by atoms with Crippen LogP contribution in [-0.2, 0) is 32.7 Å². The van der Waals surface area contributed by atoms with Crippen molar-refractivity contribution in [2.24, 2.45) is 5.73 Å². The summed E-state index contributed by atoms with van der Waals surface area (Å²) in [6.45, 7) is 3.50. The molecule has 0 aliphatic rings. The molecule has 556 valence electrons. The van der Waals surface area contributed by atoms with Crippen molar-refractivity contribution in [3.8, 4) is 0 Å². The van der Waals surface area contributed by atoms with Gasteiger partial charge in [0.15, 0.2) is 6.10 Å². The second kappa shape index (κ2) is 81.3. The first-order chi connectivity index (χ1) is 48.8. The number of carbonyl (C=O) groups excluding carboxylic acids is 2. The van der Waals surface area contributed by atoms with E-state index in [0.717, 1.165) is 167 Å². The van der Waals surface area contributed by atoms with Gasteiger partial charge in [0.1, 0.15) is 6.61 Å². The summed E-state index contributed by atoms with van der Waals surface area (Å²) in [5.74, 6) is -0.847. The predicted octanol–water partition coefficient (Wildman–Crippen LogP) is 26.7. The summed E-state index contributed by atoms with van der Waals surface area (Å²) in [6, 6.07) is 0. The van der Waals surface area contributed by atoms with Gasteiger partial charge in [-0.1, -0.05) is 348 Å². The normalized spacial score (nSPS) is 14.1. The first-order valence-electron chi connectivity index (χ1n) is 39.2. The number of esters is 2. The first-order valence-corrected chi connectivity index (χ1v) is 40.7. The Morgan fingerprint density at radius 1 is 0.303 bits per heavy atom. The van der Waals surface area contributed by atoms with Gasteiger partial charge >= 0.3 is 19.8 Å². The number of nitrogens with two attached hydrogens (primary N) is 1. The fraction of sp³-hybridized carbons (Fsp3) is 0.573. The van der Waals surface area contributed by atoms with E-state index in [-0.39, 0.29) is 38.6 Å². The summed E-state index contributed by atoms with van der Waals surface area (Å²) in [7, 11) is -4.41.